The van der Waals surface area contributed by atoms with Gasteiger partial charge in [0.2, 0.25) is 0 Å². The molecule has 2 aliphatic carbocycles. The van der Waals surface area contributed by atoms with Gasteiger partial charge in [-0.05, 0) is 53.7 Å². The lowest BCUT2D eigenvalue weighted by atomic mass is 9.85. The zero-order valence-corrected chi connectivity index (χ0v) is 18.1. The van der Waals surface area contributed by atoms with Crippen LogP contribution in [0.5, 0.6) is 0 Å². The van der Waals surface area contributed by atoms with Gasteiger partial charge in [0.25, 0.3) is 0 Å². The number of allylic oxidation sites excluding steroid dienone is 4. The van der Waals surface area contributed by atoms with Crippen molar-refractivity contribution in [2.45, 2.75) is 49.6 Å². The summed E-state index contributed by atoms with van der Waals surface area (Å²) in [5.74, 6) is 2.22. The van der Waals surface area contributed by atoms with Crippen LogP contribution in [0.15, 0.2) is 101 Å². The monoisotopic (exact) mass is 417 g/mol. The first-order valence-electron chi connectivity index (χ1n) is 11.9. The molecule has 5 aliphatic rings. The molecule has 158 valence electrons. The van der Waals surface area contributed by atoms with E-state index in [0.29, 0.717) is 23.9 Å². The van der Waals surface area contributed by atoms with Crippen molar-refractivity contribution in [1.29, 1.82) is 0 Å². The molecule has 0 saturated heterocycles. The molecule has 4 atom stereocenters. The van der Waals surface area contributed by atoms with Crippen LogP contribution in [0.4, 0.5) is 11.4 Å². The molecule has 0 bridgehead atoms. The highest BCUT2D eigenvalue weighted by Crippen LogP contribution is 2.47. The molecule has 32 heavy (non-hydrogen) atoms. The standard InChI is InChI=1S/C29H27N3/c1-4-10-25-21(7-1)24-17-19(13-15-26(24)31-25)20-14-16-29(30-18-20)32-27-11-5-2-8-22(27)23-9-3-6-12-28(23)32/h1-2,4-8,10-13,15,17-18,23-24,26,28,31H,3,9,14,16H2. The van der Waals surface area contributed by atoms with Gasteiger partial charge in [0, 0.05) is 35.8 Å². The summed E-state index contributed by atoms with van der Waals surface area (Å²) in [5.41, 5.74) is 8.23. The summed E-state index contributed by atoms with van der Waals surface area (Å²) in [6.07, 6.45) is 18.4. The first-order chi connectivity index (χ1) is 15.9. The maximum absolute atomic E-state index is 5.04. The summed E-state index contributed by atoms with van der Waals surface area (Å²) < 4.78 is 0. The van der Waals surface area contributed by atoms with Crippen molar-refractivity contribution < 1.29 is 0 Å². The van der Waals surface area contributed by atoms with E-state index in [1.54, 1.807) is 0 Å². The third-order valence-electron chi connectivity index (χ3n) is 7.79. The van der Waals surface area contributed by atoms with Gasteiger partial charge in [-0.15, -0.1) is 0 Å². The average Bonchev–Trinajstić information content (AvgIpc) is 3.40. The van der Waals surface area contributed by atoms with Gasteiger partial charge in [-0.1, -0.05) is 66.8 Å². The van der Waals surface area contributed by atoms with Gasteiger partial charge < -0.3 is 10.2 Å². The first kappa shape index (κ1) is 18.3. The normalized spacial score (nSPS) is 29.2. The highest BCUT2D eigenvalue weighted by Gasteiger charge is 2.40. The summed E-state index contributed by atoms with van der Waals surface area (Å²) in [7, 11) is 0. The lowest BCUT2D eigenvalue weighted by molar-refractivity contribution is 0.575. The van der Waals surface area contributed by atoms with E-state index in [1.165, 1.54) is 52.3 Å². The van der Waals surface area contributed by atoms with E-state index in [2.05, 4.69) is 95.3 Å². The summed E-state index contributed by atoms with van der Waals surface area (Å²) in [6.45, 7) is 0. The molecule has 2 aromatic carbocycles. The second kappa shape index (κ2) is 7.09. The van der Waals surface area contributed by atoms with E-state index < -0.39 is 0 Å². The fourth-order valence-corrected chi connectivity index (χ4v) is 6.26. The third kappa shape index (κ3) is 2.70. The van der Waals surface area contributed by atoms with Gasteiger partial charge in [0.15, 0.2) is 0 Å². The second-order valence-electron chi connectivity index (χ2n) is 9.50. The minimum atomic E-state index is 0.371. The third-order valence-corrected chi connectivity index (χ3v) is 7.79. The van der Waals surface area contributed by atoms with Crippen LogP contribution in [0, 0.1) is 0 Å². The Morgan fingerprint density at radius 3 is 2.72 bits per heavy atom. The van der Waals surface area contributed by atoms with Gasteiger partial charge >= 0.3 is 0 Å². The number of fused-ring (bicyclic) bond motifs is 6. The Balaban J connectivity index is 1.21. The lowest BCUT2D eigenvalue weighted by Gasteiger charge is -2.32. The largest absolute Gasteiger partial charge is 0.378 e. The molecule has 7 rings (SSSR count). The van der Waals surface area contributed by atoms with Crippen molar-refractivity contribution in [3.63, 3.8) is 0 Å². The predicted molar refractivity (Wildman–Crippen MR) is 132 cm³/mol. The zero-order chi connectivity index (χ0) is 21.1. The molecule has 0 fully saturated rings. The number of rotatable bonds is 1. The van der Waals surface area contributed by atoms with Gasteiger partial charge in [0.1, 0.15) is 5.84 Å². The number of anilines is 2. The van der Waals surface area contributed by atoms with Gasteiger partial charge in [-0.2, -0.15) is 0 Å². The Kier molecular flexibility index (Phi) is 4.05. The minimum absolute atomic E-state index is 0.371. The molecule has 3 heteroatoms. The quantitative estimate of drug-likeness (QED) is 0.539. The number of benzene rings is 2. The molecule has 0 saturated carbocycles. The Hall–Kier alpha value is -3.33. The molecule has 3 aliphatic heterocycles. The maximum atomic E-state index is 5.04. The van der Waals surface area contributed by atoms with Crippen LogP contribution in [-0.4, -0.2) is 17.9 Å². The molecule has 3 nitrogen and oxygen atoms in total. The van der Waals surface area contributed by atoms with E-state index in [1.807, 2.05) is 0 Å². The van der Waals surface area contributed by atoms with Crippen molar-refractivity contribution in [1.82, 2.24) is 0 Å². The van der Waals surface area contributed by atoms with Crippen LogP contribution in [0.2, 0.25) is 0 Å². The Morgan fingerprint density at radius 2 is 1.81 bits per heavy atom. The van der Waals surface area contributed by atoms with Crippen molar-refractivity contribution in [2.24, 2.45) is 4.99 Å². The zero-order valence-electron chi connectivity index (χ0n) is 18.1. The first-order valence-corrected chi connectivity index (χ1v) is 11.9. The number of hydrogen-bond acceptors (Lipinski definition) is 3. The number of amidine groups is 1. The fourth-order valence-electron chi connectivity index (χ4n) is 6.26. The molecule has 0 amide bonds. The molecular formula is C29H27N3. The van der Waals surface area contributed by atoms with Gasteiger partial charge in [0.05, 0.1) is 12.1 Å². The van der Waals surface area contributed by atoms with Crippen LogP contribution < -0.4 is 10.2 Å². The smallest absolute Gasteiger partial charge is 0.109 e. The summed E-state index contributed by atoms with van der Waals surface area (Å²) in [6, 6.07) is 18.4. The van der Waals surface area contributed by atoms with Gasteiger partial charge in [-0.25, -0.2) is 4.99 Å². The molecule has 0 radical (unpaired) electrons. The highest BCUT2D eigenvalue weighted by molar-refractivity contribution is 6.02. The van der Waals surface area contributed by atoms with E-state index >= 15 is 0 Å². The molecule has 4 unspecified atom stereocenters. The van der Waals surface area contributed by atoms with Crippen molar-refractivity contribution in [3.05, 3.63) is 107 Å². The van der Waals surface area contributed by atoms with Crippen LogP contribution >= 0.6 is 0 Å². The molecule has 3 heterocycles. The van der Waals surface area contributed by atoms with Crippen molar-refractivity contribution in [2.75, 3.05) is 10.2 Å². The molecule has 0 aromatic heterocycles. The fraction of sp³-hybridized carbons (Fsp3) is 0.276. The van der Waals surface area contributed by atoms with Crippen molar-refractivity contribution in [3.8, 4) is 0 Å². The van der Waals surface area contributed by atoms with E-state index in [4.69, 9.17) is 4.99 Å². The molecule has 1 N–H and O–H groups in total. The predicted octanol–water partition coefficient (Wildman–Crippen LogP) is 6.46. The topological polar surface area (TPSA) is 27.6 Å². The van der Waals surface area contributed by atoms with Crippen LogP contribution in [-0.2, 0) is 0 Å². The van der Waals surface area contributed by atoms with Crippen LogP contribution in [0.3, 0.4) is 0 Å². The number of aliphatic imine (C=N–C) groups is 1. The Morgan fingerprint density at radius 1 is 0.938 bits per heavy atom. The summed E-state index contributed by atoms with van der Waals surface area (Å²) >= 11 is 0. The highest BCUT2D eigenvalue weighted by atomic mass is 15.2. The minimum Gasteiger partial charge on any atom is -0.378 e. The average molecular weight is 418 g/mol. The molecular weight excluding hydrogens is 390 g/mol. The summed E-state index contributed by atoms with van der Waals surface area (Å²) in [5, 5.41) is 3.65. The number of nitrogens with one attached hydrogen (secondary N) is 1. The Labute approximate surface area is 189 Å². The summed E-state index contributed by atoms with van der Waals surface area (Å²) in [4.78, 5) is 7.56. The van der Waals surface area contributed by atoms with E-state index in [0.717, 1.165) is 12.8 Å². The number of nitrogens with zero attached hydrogens (tertiary/aromatic N) is 2. The van der Waals surface area contributed by atoms with Gasteiger partial charge in [-0.3, -0.25) is 0 Å². The molecule has 0 spiro atoms. The maximum Gasteiger partial charge on any atom is 0.109 e. The second-order valence-corrected chi connectivity index (χ2v) is 9.50. The number of para-hydroxylation sites is 2. The van der Waals surface area contributed by atoms with Crippen LogP contribution in [0.1, 0.15) is 48.6 Å². The molecule has 2 aromatic rings. The van der Waals surface area contributed by atoms with Crippen LogP contribution in [0.25, 0.3) is 0 Å². The Bertz CT molecular complexity index is 1240. The lowest BCUT2D eigenvalue weighted by Crippen LogP contribution is -2.39. The van der Waals surface area contributed by atoms with Crippen molar-refractivity contribution >= 4 is 17.2 Å². The van der Waals surface area contributed by atoms with E-state index in [9.17, 15) is 0 Å². The van der Waals surface area contributed by atoms with E-state index in [-0.39, 0.29) is 0 Å². The SMILES string of the molecule is C1=CC2C(CC1)c1ccccc1N2C1=NC=C(C2=CC3c4ccccc4NC3C=C2)CC1. The number of hydrogen-bond donors (Lipinski definition) is 1.